The van der Waals surface area contributed by atoms with Crippen molar-refractivity contribution in [1.29, 1.82) is 0 Å². The monoisotopic (exact) mass is 253 g/mol. The molecule has 6 heteroatoms. The van der Waals surface area contributed by atoms with Crippen molar-refractivity contribution in [3.63, 3.8) is 0 Å². The molecule has 1 saturated heterocycles. The van der Waals surface area contributed by atoms with E-state index < -0.39 is 9.73 Å². The molecule has 0 unspecified atom stereocenters. The van der Waals surface area contributed by atoms with Crippen molar-refractivity contribution in [2.45, 2.75) is 19.3 Å². The Balaban J connectivity index is 2.46. The van der Waals surface area contributed by atoms with Crippen molar-refractivity contribution in [3.8, 4) is 0 Å². The van der Waals surface area contributed by atoms with Gasteiger partial charge < -0.3 is 4.74 Å². The summed E-state index contributed by atoms with van der Waals surface area (Å²) in [4.78, 5) is 11.4. The number of unbranched alkanes of at least 4 members (excludes halogenated alkanes) is 1. The van der Waals surface area contributed by atoms with E-state index in [0.29, 0.717) is 37.0 Å². The summed E-state index contributed by atoms with van der Waals surface area (Å²) < 4.78 is 20.8. The van der Waals surface area contributed by atoms with Crippen LogP contribution >= 0.6 is 11.6 Å². The van der Waals surface area contributed by atoms with Crippen LogP contribution in [-0.2, 0) is 19.3 Å². The molecule has 0 aromatic carbocycles. The number of ether oxygens (including phenoxy) is 1. The van der Waals surface area contributed by atoms with Gasteiger partial charge >= 0.3 is 0 Å². The Labute approximate surface area is 95.5 Å². The first-order valence-corrected chi connectivity index (χ1v) is 7.44. The van der Waals surface area contributed by atoms with Gasteiger partial charge in [-0.1, -0.05) is 0 Å². The zero-order chi connectivity index (χ0) is 11.1. The fraction of sp³-hybridized carbons (Fsp3) is 0.889. The highest BCUT2D eigenvalue weighted by Crippen LogP contribution is 2.06. The third-order valence-corrected chi connectivity index (χ3v) is 4.55. The number of rotatable bonds is 4. The lowest BCUT2D eigenvalue weighted by molar-refractivity contribution is -0.117. The number of carbonyl (C=O) groups excluding carboxylic acids is 1. The van der Waals surface area contributed by atoms with E-state index >= 15 is 0 Å². The van der Waals surface area contributed by atoms with E-state index in [2.05, 4.69) is 4.36 Å². The molecule has 88 valence electrons. The van der Waals surface area contributed by atoms with Crippen molar-refractivity contribution in [2.75, 3.05) is 30.6 Å². The van der Waals surface area contributed by atoms with E-state index in [9.17, 15) is 9.00 Å². The Morgan fingerprint density at radius 1 is 1.33 bits per heavy atom. The van der Waals surface area contributed by atoms with E-state index in [1.54, 1.807) is 0 Å². The van der Waals surface area contributed by atoms with Crippen LogP contribution in [0.3, 0.4) is 0 Å². The second-order valence-electron chi connectivity index (χ2n) is 3.42. The summed E-state index contributed by atoms with van der Waals surface area (Å²) >= 11 is 5.49. The van der Waals surface area contributed by atoms with Gasteiger partial charge in [-0.2, -0.15) is 4.36 Å². The maximum atomic E-state index is 12.0. The van der Waals surface area contributed by atoms with Gasteiger partial charge in [0, 0.05) is 12.3 Å². The standard InChI is InChI=1S/C9H16ClNO3S/c10-4-2-1-3-9(12)11-15(13)7-5-14-6-8-15/h1-8H2. The van der Waals surface area contributed by atoms with Crippen molar-refractivity contribution in [1.82, 2.24) is 0 Å². The Morgan fingerprint density at radius 2 is 2.00 bits per heavy atom. The fourth-order valence-corrected chi connectivity index (χ4v) is 3.07. The summed E-state index contributed by atoms with van der Waals surface area (Å²) in [6, 6.07) is 0. The molecule has 1 fully saturated rings. The van der Waals surface area contributed by atoms with E-state index in [0.717, 1.165) is 12.8 Å². The molecule has 4 nitrogen and oxygen atoms in total. The number of hydrogen-bond donors (Lipinski definition) is 0. The van der Waals surface area contributed by atoms with Crippen LogP contribution in [0.5, 0.6) is 0 Å². The van der Waals surface area contributed by atoms with E-state index in [1.165, 1.54) is 0 Å². The average Bonchev–Trinajstić information content (AvgIpc) is 2.18. The van der Waals surface area contributed by atoms with Gasteiger partial charge in [0.05, 0.1) is 34.4 Å². The number of amides is 1. The lowest BCUT2D eigenvalue weighted by Gasteiger charge is -2.15. The van der Waals surface area contributed by atoms with Gasteiger partial charge in [0.25, 0.3) is 5.91 Å². The van der Waals surface area contributed by atoms with Gasteiger partial charge in [-0.05, 0) is 12.8 Å². The van der Waals surface area contributed by atoms with Gasteiger partial charge in [-0.15, -0.1) is 11.6 Å². The molecule has 1 aliphatic rings. The molecular weight excluding hydrogens is 238 g/mol. The van der Waals surface area contributed by atoms with Crippen molar-refractivity contribution in [3.05, 3.63) is 0 Å². The zero-order valence-corrected chi connectivity index (χ0v) is 10.2. The van der Waals surface area contributed by atoms with Crippen LogP contribution < -0.4 is 0 Å². The summed E-state index contributed by atoms with van der Waals surface area (Å²) in [5.41, 5.74) is 0. The highest BCUT2D eigenvalue weighted by atomic mass is 35.5. The van der Waals surface area contributed by atoms with Crippen LogP contribution in [0.2, 0.25) is 0 Å². The number of carbonyl (C=O) groups is 1. The van der Waals surface area contributed by atoms with Crippen LogP contribution in [0.4, 0.5) is 0 Å². The molecule has 1 rings (SSSR count). The van der Waals surface area contributed by atoms with E-state index in [4.69, 9.17) is 16.3 Å². The van der Waals surface area contributed by atoms with Gasteiger partial charge in [-0.25, -0.2) is 4.21 Å². The minimum Gasteiger partial charge on any atom is -0.379 e. The predicted octanol–water partition coefficient (Wildman–Crippen LogP) is 1.42. The molecule has 0 radical (unpaired) electrons. The number of alkyl halides is 1. The lowest BCUT2D eigenvalue weighted by atomic mass is 10.2. The fourth-order valence-electron chi connectivity index (χ4n) is 1.28. The SMILES string of the molecule is O=C(CCCCCl)N=S1(=O)CCOCC1. The third-order valence-electron chi connectivity index (χ3n) is 2.14. The molecule has 15 heavy (non-hydrogen) atoms. The molecule has 1 amide bonds. The van der Waals surface area contributed by atoms with Crippen LogP contribution in [-0.4, -0.2) is 40.7 Å². The molecule has 0 spiro atoms. The predicted molar refractivity (Wildman–Crippen MR) is 60.7 cm³/mol. The summed E-state index contributed by atoms with van der Waals surface area (Å²) in [6.07, 6.45) is 1.87. The summed E-state index contributed by atoms with van der Waals surface area (Å²) in [7, 11) is -2.31. The molecule has 1 aliphatic heterocycles. The minimum absolute atomic E-state index is 0.257. The Morgan fingerprint density at radius 3 is 2.60 bits per heavy atom. The number of hydrogen-bond acceptors (Lipinski definition) is 3. The van der Waals surface area contributed by atoms with E-state index in [-0.39, 0.29) is 5.91 Å². The van der Waals surface area contributed by atoms with Crippen LogP contribution in [0.25, 0.3) is 0 Å². The highest BCUT2D eigenvalue weighted by molar-refractivity contribution is 7.93. The zero-order valence-electron chi connectivity index (χ0n) is 8.62. The van der Waals surface area contributed by atoms with Gasteiger partial charge in [0.15, 0.2) is 0 Å². The second kappa shape index (κ2) is 6.45. The van der Waals surface area contributed by atoms with Gasteiger partial charge in [0.1, 0.15) is 0 Å². The van der Waals surface area contributed by atoms with Gasteiger partial charge in [0.2, 0.25) is 0 Å². The Kier molecular flexibility index (Phi) is 5.56. The molecule has 0 bridgehead atoms. The third kappa shape index (κ3) is 4.95. The molecule has 0 aromatic heterocycles. The number of halogens is 1. The summed E-state index contributed by atoms with van der Waals surface area (Å²) in [6.45, 7) is 0.884. The maximum absolute atomic E-state index is 12.0. The quantitative estimate of drug-likeness (QED) is 0.563. The average molecular weight is 254 g/mol. The van der Waals surface area contributed by atoms with Crippen LogP contribution in [0, 0.1) is 0 Å². The van der Waals surface area contributed by atoms with Crippen LogP contribution in [0.1, 0.15) is 19.3 Å². The van der Waals surface area contributed by atoms with Gasteiger partial charge in [-0.3, -0.25) is 4.79 Å². The summed E-state index contributed by atoms with van der Waals surface area (Å²) in [5.74, 6) is 1.06. The first kappa shape index (κ1) is 12.9. The van der Waals surface area contributed by atoms with Crippen LogP contribution in [0.15, 0.2) is 4.36 Å². The minimum atomic E-state index is -2.31. The molecule has 0 atom stereocenters. The van der Waals surface area contributed by atoms with Crippen molar-refractivity contribution < 1.29 is 13.7 Å². The van der Waals surface area contributed by atoms with E-state index in [1.807, 2.05) is 0 Å². The summed E-state index contributed by atoms with van der Waals surface area (Å²) in [5, 5.41) is 0. The topological polar surface area (TPSA) is 55.7 Å². The smallest absolute Gasteiger partial charge is 0.253 e. The largest absolute Gasteiger partial charge is 0.379 e. The first-order chi connectivity index (χ1) is 7.16. The van der Waals surface area contributed by atoms with Crippen molar-refractivity contribution in [2.24, 2.45) is 4.36 Å². The second-order valence-corrected chi connectivity index (χ2v) is 6.35. The number of nitrogens with zero attached hydrogens (tertiary/aromatic N) is 1. The molecule has 0 saturated carbocycles. The first-order valence-electron chi connectivity index (χ1n) is 5.05. The highest BCUT2D eigenvalue weighted by Gasteiger charge is 2.16. The molecule has 0 N–H and O–H groups in total. The lowest BCUT2D eigenvalue weighted by Crippen LogP contribution is -2.26. The Bertz CT molecular complexity index is 311. The molecule has 0 aliphatic carbocycles. The molecular formula is C9H16ClNO3S. The molecule has 1 heterocycles. The maximum Gasteiger partial charge on any atom is 0.253 e. The Hall–Kier alpha value is -0.130. The normalized spacial score (nSPS) is 19.8. The van der Waals surface area contributed by atoms with Crippen molar-refractivity contribution >= 4 is 27.2 Å². The molecule has 0 aromatic rings.